The predicted molar refractivity (Wildman–Crippen MR) is 117 cm³/mol. The van der Waals surface area contributed by atoms with Crippen LogP contribution in [-0.2, 0) is 24.3 Å². The Balaban J connectivity index is 2.31. The third-order valence-electron chi connectivity index (χ3n) is 5.77. The van der Waals surface area contributed by atoms with Gasteiger partial charge in [0.05, 0.1) is 11.7 Å². The lowest BCUT2D eigenvalue weighted by atomic mass is 9.83. The van der Waals surface area contributed by atoms with E-state index in [0.29, 0.717) is 18.7 Å². The maximum Gasteiger partial charge on any atom is 0.272 e. The molecule has 6 heteroatoms. The quantitative estimate of drug-likeness (QED) is 0.633. The van der Waals surface area contributed by atoms with E-state index in [1.807, 2.05) is 27.7 Å². The molecule has 1 atom stereocenters. The van der Waals surface area contributed by atoms with Crippen molar-refractivity contribution in [1.82, 2.24) is 19.8 Å². The summed E-state index contributed by atoms with van der Waals surface area (Å²) in [6, 6.07) is -0.506. The van der Waals surface area contributed by atoms with E-state index >= 15 is 0 Å². The zero-order valence-corrected chi connectivity index (χ0v) is 19.3. The largest absolute Gasteiger partial charge is 0.340 e. The van der Waals surface area contributed by atoms with E-state index in [1.165, 1.54) is 19.3 Å². The summed E-state index contributed by atoms with van der Waals surface area (Å²) in [5.41, 5.74) is 1.16. The number of ketones is 1. The Hall–Kier alpha value is -1.69. The molecule has 2 rings (SSSR count). The van der Waals surface area contributed by atoms with Crippen molar-refractivity contribution in [3.8, 4) is 0 Å². The topological polar surface area (TPSA) is 67.2 Å². The average Bonchev–Trinajstić information content (AvgIpc) is 2.86. The van der Waals surface area contributed by atoms with Crippen LogP contribution >= 0.6 is 0 Å². The number of hydrogen-bond donors (Lipinski definition) is 1. The van der Waals surface area contributed by atoms with E-state index in [0.717, 1.165) is 43.9 Å². The first kappa shape index (κ1) is 23.6. The molecule has 0 fully saturated rings. The van der Waals surface area contributed by atoms with Crippen LogP contribution in [0.1, 0.15) is 95.2 Å². The van der Waals surface area contributed by atoms with Crippen molar-refractivity contribution in [2.45, 2.75) is 98.7 Å². The molecule has 0 radical (unpaired) electrons. The summed E-state index contributed by atoms with van der Waals surface area (Å²) >= 11 is 0. The first-order chi connectivity index (χ1) is 13.7. The fourth-order valence-electron chi connectivity index (χ4n) is 4.06. The summed E-state index contributed by atoms with van der Waals surface area (Å²) in [4.78, 5) is 32.8. The summed E-state index contributed by atoms with van der Waals surface area (Å²) in [6.45, 7) is 12.7. The minimum absolute atomic E-state index is 0.0630. The molecule has 0 bridgehead atoms. The molecule has 6 nitrogen and oxygen atoms in total. The Morgan fingerprint density at radius 1 is 1.14 bits per heavy atom. The highest BCUT2D eigenvalue weighted by molar-refractivity contribution is 5.97. The summed E-state index contributed by atoms with van der Waals surface area (Å²) < 4.78 is 2.26. The van der Waals surface area contributed by atoms with E-state index in [-0.39, 0.29) is 17.1 Å². The maximum atomic E-state index is 13.2. The fraction of sp³-hybridized carbons (Fsp3) is 0.783. The second-order valence-electron chi connectivity index (χ2n) is 9.47. The van der Waals surface area contributed by atoms with Crippen LogP contribution in [-0.4, -0.2) is 45.8 Å². The zero-order chi connectivity index (χ0) is 21.6. The second-order valence-corrected chi connectivity index (χ2v) is 9.47. The first-order valence-electron chi connectivity index (χ1n) is 11.3. The number of aromatic nitrogens is 2. The van der Waals surface area contributed by atoms with Gasteiger partial charge in [-0.05, 0) is 31.8 Å². The van der Waals surface area contributed by atoms with Crippen LogP contribution in [0, 0.1) is 5.41 Å². The molecule has 0 aromatic carbocycles. The average molecular weight is 405 g/mol. The number of unbranched alkanes of at least 4 members (excludes halogenated alkanes) is 3. The Morgan fingerprint density at radius 2 is 1.86 bits per heavy atom. The molecule has 1 amide bonds. The number of hydrogen-bond acceptors (Lipinski definition) is 4. The van der Waals surface area contributed by atoms with Gasteiger partial charge in [0.25, 0.3) is 5.91 Å². The number of fused-ring (bicyclic) bond motifs is 1. The van der Waals surface area contributed by atoms with Gasteiger partial charge in [0, 0.05) is 25.9 Å². The van der Waals surface area contributed by atoms with Gasteiger partial charge in [-0.3, -0.25) is 9.59 Å². The highest BCUT2D eigenvalue weighted by atomic mass is 16.2. The third-order valence-corrected chi connectivity index (χ3v) is 5.77. The first-order valence-corrected chi connectivity index (χ1v) is 11.3. The van der Waals surface area contributed by atoms with Crippen molar-refractivity contribution in [1.29, 1.82) is 0 Å². The molecule has 1 N–H and O–H groups in total. The van der Waals surface area contributed by atoms with Crippen LogP contribution in [0.3, 0.4) is 0 Å². The fourth-order valence-corrected chi connectivity index (χ4v) is 4.06. The van der Waals surface area contributed by atoms with E-state index in [2.05, 4.69) is 28.8 Å². The molecule has 1 aliphatic heterocycles. The molecule has 1 aliphatic rings. The molecule has 0 saturated carbocycles. The van der Waals surface area contributed by atoms with Crippen molar-refractivity contribution < 1.29 is 9.59 Å². The van der Waals surface area contributed by atoms with Crippen molar-refractivity contribution in [2.24, 2.45) is 5.41 Å². The minimum Gasteiger partial charge on any atom is -0.340 e. The number of aryl methyl sites for hydroxylation is 1. The van der Waals surface area contributed by atoms with Crippen molar-refractivity contribution in [2.75, 3.05) is 13.6 Å². The number of nitrogens with zero attached hydrogens (tertiary/aromatic N) is 3. The van der Waals surface area contributed by atoms with Gasteiger partial charge in [-0.2, -0.15) is 0 Å². The summed E-state index contributed by atoms with van der Waals surface area (Å²) in [7, 11) is 2.09. The lowest BCUT2D eigenvalue weighted by Crippen LogP contribution is -2.49. The lowest BCUT2D eigenvalue weighted by molar-refractivity contribution is -0.122. The molecule has 29 heavy (non-hydrogen) atoms. The number of Topliss-reactive ketones (excluding diaryl/α,β-unsaturated/α-hetero) is 1. The highest BCUT2D eigenvalue weighted by Crippen LogP contribution is 2.24. The smallest absolute Gasteiger partial charge is 0.272 e. The Labute approximate surface area is 176 Å². The van der Waals surface area contributed by atoms with Gasteiger partial charge >= 0.3 is 0 Å². The van der Waals surface area contributed by atoms with Gasteiger partial charge in [-0.25, -0.2) is 4.98 Å². The van der Waals surface area contributed by atoms with Crippen LogP contribution in [0.25, 0.3) is 0 Å². The van der Waals surface area contributed by atoms with E-state index < -0.39 is 6.04 Å². The van der Waals surface area contributed by atoms with Gasteiger partial charge in [0.15, 0.2) is 11.5 Å². The van der Waals surface area contributed by atoms with Crippen molar-refractivity contribution in [3.05, 3.63) is 17.2 Å². The van der Waals surface area contributed by atoms with E-state index in [9.17, 15) is 9.59 Å². The van der Waals surface area contributed by atoms with Crippen molar-refractivity contribution in [3.63, 3.8) is 0 Å². The molecular formula is C23H40N4O2. The van der Waals surface area contributed by atoms with Crippen LogP contribution in [0.15, 0.2) is 0 Å². The van der Waals surface area contributed by atoms with Gasteiger partial charge in [-0.15, -0.1) is 0 Å². The Morgan fingerprint density at radius 3 is 2.48 bits per heavy atom. The van der Waals surface area contributed by atoms with Gasteiger partial charge in [0.1, 0.15) is 5.82 Å². The molecule has 0 saturated heterocycles. The van der Waals surface area contributed by atoms with Crippen LogP contribution in [0.2, 0.25) is 0 Å². The number of carbonyl (C=O) groups excluding carboxylic acids is 2. The van der Waals surface area contributed by atoms with E-state index in [4.69, 9.17) is 4.98 Å². The molecular weight excluding hydrogens is 364 g/mol. The van der Waals surface area contributed by atoms with Gasteiger partial charge in [0.2, 0.25) is 0 Å². The molecule has 1 aromatic rings. The normalized spacial score (nSPS) is 16.2. The third kappa shape index (κ3) is 6.14. The number of carbonyl (C=O) groups is 2. The molecule has 0 spiro atoms. The van der Waals surface area contributed by atoms with E-state index in [1.54, 1.807) is 0 Å². The SMILES string of the molecule is CCCCCCc1nc(C(=O)N[C@H](C(=O)CC)C(C)(C)C)c2n1CCCN(C)C2. The Kier molecular flexibility index (Phi) is 8.44. The predicted octanol–water partition coefficient (Wildman–Crippen LogP) is 3.97. The standard InChI is InChI=1S/C23H40N4O2/c1-7-9-10-11-13-19-24-20(17-16-26(6)14-12-15-27(17)19)22(29)25-21(18(28)8-2)23(3,4)5/h21H,7-16H2,1-6H3,(H,25,29)/t21-/m1/s1. The zero-order valence-electron chi connectivity index (χ0n) is 19.3. The number of nitrogens with one attached hydrogen (secondary N) is 1. The summed E-state index contributed by atoms with van der Waals surface area (Å²) in [6.07, 6.45) is 7.10. The van der Waals surface area contributed by atoms with Gasteiger partial charge in [-0.1, -0.05) is 53.9 Å². The number of rotatable bonds is 9. The van der Waals surface area contributed by atoms with Crippen LogP contribution < -0.4 is 5.32 Å². The molecule has 1 aromatic heterocycles. The minimum atomic E-state index is -0.506. The molecule has 2 heterocycles. The maximum absolute atomic E-state index is 13.2. The summed E-state index contributed by atoms with van der Waals surface area (Å²) in [5.74, 6) is 0.865. The lowest BCUT2D eigenvalue weighted by Gasteiger charge is -2.30. The summed E-state index contributed by atoms with van der Waals surface area (Å²) in [5, 5.41) is 3.02. The molecule has 164 valence electrons. The number of amides is 1. The van der Waals surface area contributed by atoms with Gasteiger partial charge < -0.3 is 14.8 Å². The van der Waals surface area contributed by atoms with Crippen molar-refractivity contribution >= 4 is 11.7 Å². The van der Waals surface area contributed by atoms with Crippen LogP contribution in [0.5, 0.6) is 0 Å². The number of imidazole rings is 1. The molecule has 0 unspecified atom stereocenters. The highest BCUT2D eigenvalue weighted by Gasteiger charge is 2.34. The Bertz CT molecular complexity index is 702. The monoisotopic (exact) mass is 404 g/mol. The molecule has 0 aliphatic carbocycles. The van der Waals surface area contributed by atoms with Crippen LogP contribution in [0.4, 0.5) is 0 Å². The second kappa shape index (κ2) is 10.4.